The molecule has 0 bridgehead atoms. The molecule has 0 aliphatic heterocycles. The van der Waals surface area contributed by atoms with Crippen molar-refractivity contribution in [2.24, 2.45) is 5.11 Å². The maximum atomic E-state index is 11.7. The van der Waals surface area contributed by atoms with Crippen molar-refractivity contribution < 1.29 is 18.1 Å². The number of nitrogens with zero attached hydrogens (tertiary/aromatic N) is 3. The van der Waals surface area contributed by atoms with Gasteiger partial charge in [0.15, 0.2) is 0 Å². The summed E-state index contributed by atoms with van der Waals surface area (Å²) in [6.07, 6.45) is 0.480. The van der Waals surface area contributed by atoms with Crippen LogP contribution in [0.5, 0.6) is 0 Å². The van der Waals surface area contributed by atoms with Crippen LogP contribution in [0.3, 0.4) is 0 Å². The molecule has 15 heavy (non-hydrogen) atoms. The highest BCUT2D eigenvalue weighted by Crippen LogP contribution is 2.49. The fourth-order valence-electron chi connectivity index (χ4n) is 0.784. The topological polar surface area (TPSA) is 93.5 Å². The summed E-state index contributed by atoms with van der Waals surface area (Å²) in [6, 6.07) is 0. The van der Waals surface area contributed by atoms with E-state index in [1.807, 2.05) is 0 Å². The quantitative estimate of drug-likeness (QED) is 0.202. The van der Waals surface area contributed by atoms with Crippen LogP contribution in [0.1, 0.15) is 20.3 Å². The molecule has 0 aromatic rings. The summed E-state index contributed by atoms with van der Waals surface area (Å²) in [6.45, 7) is 4.40. The largest absolute Gasteiger partial charge is 0.474 e. The summed E-state index contributed by atoms with van der Waals surface area (Å²) >= 11 is 0. The third-order valence-corrected chi connectivity index (χ3v) is 2.94. The molecule has 0 atom stereocenters. The molecule has 0 aromatic heterocycles. The maximum Gasteiger partial charge on any atom is 0.474 e. The van der Waals surface area contributed by atoms with Crippen LogP contribution in [0, 0.1) is 0 Å². The molecule has 0 aliphatic rings. The Morgan fingerprint density at radius 1 is 1.27 bits per heavy atom. The lowest BCUT2D eigenvalue weighted by Gasteiger charge is -2.15. The second-order valence-corrected chi connectivity index (χ2v) is 4.09. The third-order valence-electron chi connectivity index (χ3n) is 1.29. The molecule has 88 valence electrons. The number of rotatable bonds is 9. The summed E-state index contributed by atoms with van der Waals surface area (Å²) < 4.78 is 26.4. The molecule has 0 saturated heterocycles. The number of azide groups is 1. The molecule has 7 nitrogen and oxygen atoms in total. The monoisotopic (exact) mass is 237 g/mol. The summed E-state index contributed by atoms with van der Waals surface area (Å²) in [4.78, 5) is 2.58. The molecule has 0 rings (SSSR count). The molecular formula is C7H16N3O4P. The standard InChI is InChI=1S/C7H16N3O4P/c1-3-12-15(11,13-4-2)14-7-5-6-9-10-8/h3-7H2,1-2H3. The molecule has 0 amide bonds. The van der Waals surface area contributed by atoms with Gasteiger partial charge in [-0.25, -0.2) is 4.57 Å². The van der Waals surface area contributed by atoms with Crippen molar-refractivity contribution in [2.75, 3.05) is 26.4 Å². The van der Waals surface area contributed by atoms with Crippen molar-refractivity contribution >= 4 is 7.82 Å². The van der Waals surface area contributed by atoms with E-state index in [9.17, 15) is 4.57 Å². The van der Waals surface area contributed by atoms with Gasteiger partial charge < -0.3 is 0 Å². The van der Waals surface area contributed by atoms with Crippen molar-refractivity contribution in [2.45, 2.75) is 20.3 Å². The van der Waals surface area contributed by atoms with E-state index in [1.165, 1.54) is 0 Å². The highest BCUT2D eigenvalue weighted by Gasteiger charge is 2.24. The van der Waals surface area contributed by atoms with Gasteiger partial charge in [-0.1, -0.05) is 5.11 Å². The Morgan fingerprint density at radius 3 is 2.33 bits per heavy atom. The van der Waals surface area contributed by atoms with Gasteiger partial charge in [-0.3, -0.25) is 13.6 Å². The maximum absolute atomic E-state index is 11.7. The van der Waals surface area contributed by atoms with Crippen LogP contribution in [0.25, 0.3) is 10.4 Å². The zero-order valence-corrected chi connectivity index (χ0v) is 9.85. The van der Waals surface area contributed by atoms with Crippen LogP contribution in [-0.2, 0) is 18.1 Å². The minimum absolute atomic E-state index is 0.177. The zero-order valence-electron chi connectivity index (χ0n) is 8.96. The summed E-state index contributed by atoms with van der Waals surface area (Å²) in [7, 11) is -3.40. The predicted molar refractivity (Wildman–Crippen MR) is 55.4 cm³/mol. The number of phosphoric ester groups is 1. The van der Waals surface area contributed by atoms with Gasteiger partial charge in [0.05, 0.1) is 19.8 Å². The molecular weight excluding hydrogens is 221 g/mol. The van der Waals surface area contributed by atoms with Gasteiger partial charge in [0, 0.05) is 11.5 Å². The summed E-state index contributed by atoms with van der Waals surface area (Å²) in [5.41, 5.74) is 8.01. The van der Waals surface area contributed by atoms with Crippen LogP contribution in [0.15, 0.2) is 5.11 Å². The molecule has 0 aromatic carbocycles. The summed E-state index contributed by atoms with van der Waals surface area (Å²) in [5.74, 6) is 0. The van der Waals surface area contributed by atoms with E-state index in [2.05, 4.69) is 10.0 Å². The highest BCUT2D eigenvalue weighted by atomic mass is 31.2. The van der Waals surface area contributed by atoms with Crippen molar-refractivity contribution in [3.63, 3.8) is 0 Å². The molecule has 0 N–H and O–H groups in total. The Balaban J connectivity index is 3.85. The van der Waals surface area contributed by atoms with Gasteiger partial charge in [0.1, 0.15) is 0 Å². The van der Waals surface area contributed by atoms with E-state index < -0.39 is 7.82 Å². The fraction of sp³-hybridized carbons (Fsp3) is 1.00. The van der Waals surface area contributed by atoms with Crippen molar-refractivity contribution in [3.05, 3.63) is 10.4 Å². The molecule has 0 heterocycles. The lowest BCUT2D eigenvalue weighted by atomic mass is 10.5. The van der Waals surface area contributed by atoms with E-state index in [1.54, 1.807) is 13.8 Å². The first kappa shape index (κ1) is 14.4. The van der Waals surface area contributed by atoms with Crippen molar-refractivity contribution in [1.29, 1.82) is 0 Å². The number of hydrogen-bond acceptors (Lipinski definition) is 5. The zero-order chi connectivity index (χ0) is 11.6. The predicted octanol–water partition coefficient (Wildman–Crippen LogP) is 2.88. The number of phosphoric acid groups is 1. The first-order chi connectivity index (χ1) is 7.18. The molecule has 0 radical (unpaired) electrons. The molecule has 8 heteroatoms. The van der Waals surface area contributed by atoms with Gasteiger partial charge in [0.2, 0.25) is 0 Å². The van der Waals surface area contributed by atoms with E-state index in [-0.39, 0.29) is 19.8 Å². The smallest absolute Gasteiger partial charge is 0.287 e. The van der Waals surface area contributed by atoms with E-state index in [0.717, 1.165) is 0 Å². The van der Waals surface area contributed by atoms with E-state index in [0.29, 0.717) is 13.0 Å². The van der Waals surface area contributed by atoms with E-state index in [4.69, 9.17) is 19.1 Å². The first-order valence-corrected chi connectivity index (χ1v) is 6.19. The Hall–Kier alpha value is -0.580. The SMILES string of the molecule is CCOP(=O)(OCC)OCCCN=[N+]=[N-]. The lowest BCUT2D eigenvalue weighted by Crippen LogP contribution is -2.02. The molecule has 0 aliphatic carbocycles. The molecule has 0 saturated carbocycles. The number of hydrogen-bond donors (Lipinski definition) is 0. The lowest BCUT2D eigenvalue weighted by molar-refractivity contribution is 0.121. The van der Waals surface area contributed by atoms with Crippen molar-refractivity contribution in [3.8, 4) is 0 Å². The normalized spacial score (nSPS) is 11.1. The van der Waals surface area contributed by atoms with Crippen LogP contribution in [-0.4, -0.2) is 26.4 Å². The van der Waals surface area contributed by atoms with E-state index >= 15 is 0 Å². The van der Waals surface area contributed by atoms with Crippen LogP contribution in [0.4, 0.5) is 0 Å². The molecule has 0 spiro atoms. The Labute approximate surface area is 89.0 Å². The third kappa shape index (κ3) is 7.36. The molecule has 0 unspecified atom stereocenters. The van der Waals surface area contributed by atoms with Gasteiger partial charge in [-0.2, -0.15) is 0 Å². The van der Waals surface area contributed by atoms with Gasteiger partial charge in [-0.05, 0) is 25.8 Å². The molecule has 0 fully saturated rings. The Kier molecular flexibility index (Phi) is 8.37. The van der Waals surface area contributed by atoms with Gasteiger partial charge >= 0.3 is 7.82 Å². The minimum Gasteiger partial charge on any atom is -0.287 e. The Morgan fingerprint density at radius 2 is 1.87 bits per heavy atom. The highest BCUT2D eigenvalue weighted by molar-refractivity contribution is 7.48. The second-order valence-electron chi connectivity index (χ2n) is 2.42. The minimum atomic E-state index is -3.40. The Bertz CT molecular complexity index is 245. The van der Waals surface area contributed by atoms with Gasteiger partial charge in [-0.15, -0.1) is 0 Å². The van der Waals surface area contributed by atoms with Crippen LogP contribution >= 0.6 is 7.82 Å². The summed E-state index contributed by atoms with van der Waals surface area (Å²) in [5, 5.41) is 3.31. The second kappa shape index (κ2) is 8.71. The van der Waals surface area contributed by atoms with Crippen LogP contribution < -0.4 is 0 Å². The van der Waals surface area contributed by atoms with Crippen LogP contribution in [0.2, 0.25) is 0 Å². The average Bonchev–Trinajstić information content (AvgIpc) is 2.18. The fourth-order valence-corrected chi connectivity index (χ4v) is 1.99. The van der Waals surface area contributed by atoms with Crippen molar-refractivity contribution in [1.82, 2.24) is 0 Å². The van der Waals surface area contributed by atoms with Gasteiger partial charge in [0.25, 0.3) is 0 Å². The average molecular weight is 237 g/mol. The first-order valence-electron chi connectivity index (χ1n) is 4.73.